The van der Waals surface area contributed by atoms with E-state index >= 15 is 0 Å². The molecule has 3 rings (SSSR count). The monoisotopic (exact) mass is 388 g/mol. The molecule has 140 valence electrons. The lowest BCUT2D eigenvalue weighted by atomic mass is 10.1. The quantitative estimate of drug-likeness (QED) is 0.403. The summed E-state index contributed by atoms with van der Waals surface area (Å²) in [6.45, 7) is 2.43. The lowest BCUT2D eigenvalue weighted by Crippen LogP contribution is -2.19. The van der Waals surface area contributed by atoms with Crippen molar-refractivity contribution in [2.24, 2.45) is 0 Å². The fraction of sp³-hybridized carbons (Fsp3) is 0.211. The van der Waals surface area contributed by atoms with Crippen molar-refractivity contribution in [3.05, 3.63) is 78.6 Å². The molecule has 0 amide bonds. The molecule has 0 unspecified atom stereocenters. The van der Waals surface area contributed by atoms with Crippen LogP contribution in [0.4, 0.5) is 5.69 Å². The number of nitro benzene ring substituents is 1. The van der Waals surface area contributed by atoms with Crippen LogP contribution in [0, 0.1) is 17.0 Å². The molecule has 27 heavy (non-hydrogen) atoms. The Morgan fingerprint density at radius 1 is 1.19 bits per heavy atom. The van der Waals surface area contributed by atoms with Crippen molar-refractivity contribution in [1.82, 2.24) is 4.90 Å². The van der Waals surface area contributed by atoms with Gasteiger partial charge in [0.1, 0.15) is 11.3 Å². The molecule has 0 saturated heterocycles. The second kappa shape index (κ2) is 7.38. The maximum atomic E-state index is 11.9. The largest absolute Gasteiger partial charge is 0.508 e. The Hall–Kier alpha value is -2.90. The van der Waals surface area contributed by atoms with E-state index in [0.717, 1.165) is 10.9 Å². The first-order valence-electron chi connectivity index (χ1n) is 8.13. The molecule has 0 saturated carbocycles. The van der Waals surface area contributed by atoms with Gasteiger partial charge in [0, 0.05) is 47.3 Å². The third-order valence-corrected chi connectivity index (χ3v) is 4.71. The van der Waals surface area contributed by atoms with Crippen LogP contribution >= 0.6 is 11.6 Å². The zero-order valence-corrected chi connectivity index (χ0v) is 15.5. The summed E-state index contributed by atoms with van der Waals surface area (Å²) < 4.78 is 5.24. The van der Waals surface area contributed by atoms with E-state index in [4.69, 9.17) is 16.0 Å². The smallest absolute Gasteiger partial charge is 0.336 e. The SMILES string of the molecule is Cc1c(O)ccc2c(CN(C)Cc3cc([N+](=O)[O-])ccc3Cl)cc(=O)oc12. The molecule has 0 spiro atoms. The average Bonchev–Trinajstić information content (AvgIpc) is 2.60. The molecule has 0 fully saturated rings. The van der Waals surface area contributed by atoms with Crippen LogP contribution < -0.4 is 5.63 Å². The highest BCUT2D eigenvalue weighted by Crippen LogP contribution is 2.28. The van der Waals surface area contributed by atoms with Gasteiger partial charge in [0.15, 0.2) is 0 Å². The minimum absolute atomic E-state index is 0.0281. The minimum Gasteiger partial charge on any atom is -0.508 e. The first kappa shape index (κ1) is 18.9. The zero-order valence-electron chi connectivity index (χ0n) is 14.7. The normalized spacial score (nSPS) is 11.3. The van der Waals surface area contributed by atoms with E-state index in [1.807, 2.05) is 11.9 Å². The number of phenols is 1. The lowest BCUT2D eigenvalue weighted by molar-refractivity contribution is -0.384. The molecule has 0 radical (unpaired) electrons. The predicted molar refractivity (Wildman–Crippen MR) is 102 cm³/mol. The molecule has 2 aromatic carbocycles. The zero-order chi connectivity index (χ0) is 19.7. The molecule has 7 nitrogen and oxygen atoms in total. The van der Waals surface area contributed by atoms with Gasteiger partial charge in [0.05, 0.1) is 4.92 Å². The van der Waals surface area contributed by atoms with E-state index in [0.29, 0.717) is 34.8 Å². The highest BCUT2D eigenvalue weighted by Gasteiger charge is 2.15. The molecule has 3 aromatic rings. The summed E-state index contributed by atoms with van der Waals surface area (Å²) in [5.74, 6) is 0.0551. The number of benzene rings is 2. The number of hydrogen-bond donors (Lipinski definition) is 1. The predicted octanol–water partition coefficient (Wildman–Crippen LogP) is 4.00. The Morgan fingerprint density at radius 3 is 2.59 bits per heavy atom. The van der Waals surface area contributed by atoms with Gasteiger partial charge < -0.3 is 9.52 Å². The first-order valence-corrected chi connectivity index (χ1v) is 8.50. The number of nitrogens with zero attached hydrogens (tertiary/aromatic N) is 2. The number of non-ortho nitro benzene ring substituents is 1. The van der Waals surface area contributed by atoms with Gasteiger partial charge in [-0.3, -0.25) is 15.0 Å². The fourth-order valence-corrected chi connectivity index (χ4v) is 3.16. The van der Waals surface area contributed by atoms with E-state index in [1.165, 1.54) is 24.3 Å². The van der Waals surface area contributed by atoms with Gasteiger partial charge >= 0.3 is 5.63 Å². The summed E-state index contributed by atoms with van der Waals surface area (Å²) in [6.07, 6.45) is 0. The highest BCUT2D eigenvalue weighted by atomic mass is 35.5. The Kier molecular flexibility index (Phi) is 5.16. The molecule has 1 aromatic heterocycles. The second-order valence-electron chi connectivity index (χ2n) is 6.38. The van der Waals surface area contributed by atoms with E-state index < -0.39 is 10.5 Å². The third-order valence-electron chi connectivity index (χ3n) is 4.34. The van der Waals surface area contributed by atoms with Crippen LogP contribution in [0.2, 0.25) is 5.02 Å². The van der Waals surface area contributed by atoms with Gasteiger partial charge in [0.25, 0.3) is 5.69 Å². The number of hydrogen-bond acceptors (Lipinski definition) is 6. The van der Waals surface area contributed by atoms with Gasteiger partial charge in [-0.15, -0.1) is 0 Å². The van der Waals surface area contributed by atoms with Crippen molar-refractivity contribution in [2.75, 3.05) is 7.05 Å². The number of halogens is 1. The number of rotatable bonds is 5. The molecule has 0 aliphatic heterocycles. The van der Waals surface area contributed by atoms with Crippen LogP contribution in [0.1, 0.15) is 16.7 Å². The minimum atomic E-state index is -0.506. The first-order chi connectivity index (χ1) is 12.8. The van der Waals surface area contributed by atoms with Crippen LogP contribution in [-0.2, 0) is 13.1 Å². The van der Waals surface area contributed by atoms with E-state index in [1.54, 1.807) is 19.1 Å². The van der Waals surface area contributed by atoms with Crippen molar-refractivity contribution >= 4 is 28.3 Å². The van der Waals surface area contributed by atoms with Crippen LogP contribution in [0.5, 0.6) is 5.75 Å². The summed E-state index contributed by atoms with van der Waals surface area (Å²) in [5, 5.41) is 22.0. The molecule has 8 heteroatoms. The molecular formula is C19H17ClN2O5. The highest BCUT2D eigenvalue weighted by molar-refractivity contribution is 6.31. The maximum absolute atomic E-state index is 11.9. The average molecular weight is 389 g/mol. The summed E-state index contributed by atoms with van der Waals surface area (Å²) in [4.78, 5) is 24.3. The van der Waals surface area contributed by atoms with E-state index in [9.17, 15) is 20.0 Å². The topological polar surface area (TPSA) is 96.8 Å². The molecule has 1 heterocycles. The Morgan fingerprint density at radius 2 is 1.89 bits per heavy atom. The van der Waals surface area contributed by atoms with Crippen LogP contribution in [0.25, 0.3) is 11.0 Å². The van der Waals surface area contributed by atoms with Gasteiger partial charge in [0.2, 0.25) is 0 Å². The van der Waals surface area contributed by atoms with Gasteiger partial charge in [-0.05, 0) is 43.3 Å². The fourth-order valence-electron chi connectivity index (χ4n) is 2.98. The summed E-state index contributed by atoms with van der Waals surface area (Å²) >= 11 is 6.16. The number of fused-ring (bicyclic) bond motifs is 1. The molecule has 0 atom stereocenters. The van der Waals surface area contributed by atoms with Crippen molar-refractivity contribution in [3.63, 3.8) is 0 Å². The van der Waals surface area contributed by atoms with Gasteiger partial charge in [-0.2, -0.15) is 0 Å². The molecule has 1 N–H and O–H groups in total. The second-order valence-corrected chi connectivity index (χ2v) is 6.79. The Labute approximate surface area is 159 Å². The number of phenolic OH excluding ortho intramolecular Hbond substituents is 1. The van der Waals surface area contributed by atoms with Crippen molar-refractivity contribution in [3.8, 4) is 5.75 Å². The van der Waals surface area contributed by atoms with E-state index in [2.05, 4.69) is 0 Å². The number of aromatic hydroxyl groups is 1. The molecule has 0 aliphatic carbocycles. The number of aryl methyl sites for hydroxylation is 1. The molecular weight excluding hydrogens is 372 g/mol. The summed E-state index contributed by atoms with van der Waals surface area (Å²) in [7, 11) is 1.82. The third kappa shape index (κ3) is 3.94. The van der Waals surface area contributed by atoms with Crippen molar-refractivity contribution in [2.45, 2.75) is 20.0 Å². The molecule has 0 aliphatic rings. The van der Waals surface area contributed by atoms with Gasteiger partial charge in [-0.25, -0.2) is 4.79 Å². The lowest BCUT2D eigenvalue weighted by Gasteiger charge is -2.18. The molecule has 0 bridgehead atoms. The maximum Gasteiger partial charge on any atom is 0.336 e. The standard InChI is InChI=1S/C19H17ClN2O5/c1-11-17(23)6-4-15-12(8-18(24)27-19(11)15)9-21(2)10-13-7-14(22(25)26)3-5-16(13)20/h3-8,23H,9-10H2,1-2H3. The van der Waals surface area contributed by atoms with Crippen LogP contribution in [0.15, 0.2) is 45.6 Å². The van der Waals surface area contributed by atoms with Gasteiger partial charge in [-0.1, -0.05) is 11.6 Å². The Balaban J connectivity index is 1.92. The van der Waals surface area contributed by atoms with E-state index in [-0.39, 0.29) is 11.4 Å². The van der Waals surface area contributed by atoms with Crippen molar-refractivity contribution in [1.29, 1.82) is 0 Å². The van der Waals surface area contributed by atoms with Crippen molar-refractivity contribution < 1.29 is 14.4 Å². The Bertz CT molecular complexity index is 1090. The van der Waals surface area contributed by atoms with Crippen LogP contribution in [-0.4, -0.2) is 22.0 Å². The summed E-state index contributed by atoms with van der Waals surface area (Å²) in [5.41, 5.74) is 1.66. The number of nitro groups is 1. The summed E-state index contributed by atoms with van der Waals surface area (Å²) in [6, 6.07) is 8.96. The van der Waals surface area contributed by atoms with Crippen LogP contribution in [0.3, 0.4) is 0 Å².